The fourth-order valence-corrected chi connectivity index (χ4v) is 2.98. The van der Waals surface area contributed by atoms with Gasteiger partial charge in [-0.2, -0.15) is 13.2 Å². The van der Waals surface area contributed by atoms with E-state index in [1.165, 1.54) is 12.1 Å². The predicted octanol–water partition coefficient (Wildman–Crippen LogP) is 3.80. The summed E-state index contributed by atoms with van der Waals surface area (Å²) in [6.45, 7) is 1.30. The molecule has 6 heteroatoms. The summed E-state index contributed by atoms with van der Waals surface area (Å²) in [5, 5.41) is 3.29. The Morgan fingerprint density at radius 1 is 1.00 bits per heavy atom. The maximum absolute atomic E-state index is 12.5. The van der Waals surface area contributed by atoms with Crippen molar-refractivity contribution >= 4 is 5.69 Å². The van der Waals surface area contributed by atoms with Crippen molar-refractivity contribution in [2.45, 2.75) is 43.7 Å². The van der Waals surface area contributed by atoms with E-state index >= 15 is 0 Å². The SMILES string of the molecule is FC(F)(F)c1ccc(NC2CCC3(CC2)OCCO3)cc1. The van der Waals surface area contributed by atoms with Gasteiger partial charge in [0.25, 0.3) is 0 Å². The van der Waals surface area contributed by atoms with E-state index in [2.05, 4.69) is 5.32 Å². The van der Waals surface area contributed by atoms with Crippen molar-refractivity contribution in [2.75, 3.05) is 18.5 Å². The Kier molecular flexibility index (Phi) is 3.84. The minimum Gasteiger partial charge on any atom is -0.382 e. The van der Waals surface area contributed by atoms with Crippen molar-refractivity contribution < 1.29 is 22.6 Å². The lowest BCUT2D eigenvalue weighted by Crippen LogP contribution is -2.39. The summed E-state index contributed by atoms with van der Waals surface area (Å²) in [5.74, 6) is -0.404. The highest BCUT2D eigenvalue weighted by atomic mass is 19.4. The van der Waals surface area contributed by atoms with E-state index in [-0.39, 0.29) is 6.04 Å². The highest BCUT2D eigenvalue weighted by Gasteiger charge is 2.40. The predicted molar refractivity (Wildman–Crippen MR) is 72.0 cm³/mol. The number of nitrogens with one attached hydrogen (secondary N) is 1. The maximum Gasteiger partial charge on any atom is 0.416 e. The van der Waals surface area contributed by atoms with Gasteiger partial charge in [0, 0.05) is 24.6 Å². The first-order valence-corrected chi connectivity index (χ1v) is 7.19. The van der Waals surface area contributed by atoms with E-state index in [0.29, 0.717) is 13.2 Å². The van der Waals surface area contributed by atoms with Crippen molar-refractivity contribution in [2.24, 2.45) is 0 Å². The molecule has 1 heterocycles. The van der Waals surface area contributed by atoms with Crippen LogP contribution in [0.2, 0.25) is 0 Å². The Labute approximate surface area is 121 Å². The van der Waals surface area contributed by atoms with Crippen LogP contribution in [0.5, 0.6) is 0 Å². The zero-order chi connectivity index (χ0) is 14.9. The molecule has 2 aliphatic rings. The van der Waals surface area contributed by atoms with Crippen LogP contribution in [-0.4, -0.2) is 25.0 Å². The summed E-state index contributed by atoms with van der Waals surface area (Å²) in [4.78, 5) is 0. The summed E-state index contributed by atoms with van der Waals surface area (Å²) < 4.78 is 48.8. The van der Waals surface area contributed by atoms with Gasteiger partial charge < -0.3 is 14.8 Å². The fraction of sp³-hybridized carbons (Fsp3) is 0.600. The first kappa shape index (κ1) is 14.7. The highest BCUT2D eigenvalue weighted by Crippen LogP contribution is 2.37. The van der Waals surface area contributed by atoms with Gasteiger partial charge in [0.2, 0.25) is 0 Å². The van der Waals surface area contributed by atoms with Gasteiger partial charge in [-0.3, -0.25) is 0 Å². The van der Waals surface area contributed by atoms with Crippen LogP contribution in [0, 0.1) is 0 Å². The van der Waals surface area contributed by atoms with E-state index < -0.39 is 17.5 Å². The zero-order valence-electron chi connectivity index (χ0n) is 11.6. The molecule has 0 unspecified atom stereocenters. The molecular weight excluding hydrogens is 283 g/mol. The third-order valence-corrected chi connectivity index (χ3v) is 4.14. The average molecular weight is 301 g/mol. The van der Waals surface area contributed by atoms with Crippen LogP contribution in [-0.2, 0) is 15.7 Å². The summed E-state index contributed by atoms with van der Waals surface area (Å²) in [5.41, 5.74) is 0.0978. The second kappa shape index (κ2) is 5.50. The second-order valence-electron chi connectivity index (χ2n) is 5.60. The Balaban J connectivity index is 1.55. The largest absolute Gasteiger partial charge is 0.416 e. The van der Waals surface area contributed by atoms with Crippen molar-refractivity contribution in [3.63, 3.8) is 0 Å². The lowest BCUT2D eigenvalue weighted by molar-refractivity contribution is -0.177. The second-order valence-corrected chi connectivity index (χ2v) is 5.60. The normalized spacial score (nSPS) is 22.6. The molecular formula is C15H18F3NO2. The molecule has 1 aromatic carbocycles. The van der Waals surface area contributed by atoms with Gasteiger partial charge in [-0.1, -0.05) is 0 Å². The van der Waals surface area contributed by atoms with Crippen molar-refractivity contribution in [3.05, 3.63) is 29.8 Å². The summed E-state index contributed by atoms with van der Waals surface area (Å²) in [6, 6.07) is 5.43. The highest BCUT2D eigenvalue weighted by molar-refractivity contribution is 5.46. The molecule has 3 nitrogen and oxygen atoms in total. The summed E-state index contributed by atoms with van der Waals surface area (Å²) in [6.07, 6.45) is -0.856. The molecule has 1 aromatic rings. The van der Waals surface area contributed by atoms with Crippen LogP contribution < -0.4 is 5.32 Å². The summed E-state index contributed by atoms with van der Waals surface area (Å²) in [7, 11) is 0. The van der Waals surface area contributed by atoms with E-state index in [9.17, 15) is 13.2 Å². The zero-order valence-corrected chi connectivity index (χ0v) is 11.6. The first-order chi connectivity index (χ1) is 9.97. The molecule has 1 N–H and O–H groups in total. The van der Waals surface area contributed by atoms with Crippen LogP contribution in [0.1, 0.15) is 31.2 Å². The average Bonchev–Trinajstić information content (AvgIpc) is 2.90. The number of benzene rings is 1. The van der Waals surface area contributed by atoms with Crippen LogP contribution in [0.3, 0.4) is 0 Å². The third kappa shape index (κ3) is 3.32. The standard InChI is InChI=1S/C15H18F3NO2/c16-15(17,18)11-1-3-12(4-2-11)19-13-5-7-14(8-6-13)20-9-10-21-14/h1-4,13,19H,5-10H2. The molecule has 1 aliphatic carbocycles. The molecule has 1 saturated heterocycles. The molecule has 0 atom stereocenters. The number of alkyl halides is 3. The van der Waals surface area contributed by atoms with E-state index in [4.69, 9.17) is 9.47 Å². The Bertz CT molecular complexity index is 471. The molecule has 0 aromatic heterocycles. The van der Waals surface area contributed by atoms with Crippen molar-refractivity contribution in [1.29, 1.82) is 0 Å². The lowest BCUT2D eigenvalue weighted by Gasteiger charge is -2.36. The number of hydrogen-bond donors (Lipinski definition) is 1. The van der Waals surface area contributed by atoms with Crippen LogP contribution in [0.25, 0.3) is 0 Å². The van der Waals surface area contributed by atoms with Gasteiger partial charge >= 0.3 is 6.18 Å². The minimum absolute atomic E-state index is 0.250. The monoisotopic (exact) mass is 301 g/mol. The number of halogens is 3. The van der Waals surface area contributed by atoms with Gasteiger partial charge in [-0.25, -0.2) is 0 Å². The molecule has 1 aliphatic heterocycles. The molecule has 0 radical (unpaired) electrons. The lowest BCUT2D eigenvalue weighted by atomic mass is 9.90. The number of rotatable bonds is 2. The summed E-state index contributed by atoms with van der Waals surface area (Å²) >= 11 is 0. The smallest absolute Gasteiger partial charge is 0.382 e. The molecule has 0 bridgehead atoms. The number of ether oxygens (including phenoxy) is 2. The van der Waals surface area contributed by atoms with Gasteiger partial charge in [0.15, 0.2) is 5.79 Å². The van der Waals surface area contributed by atoms with Gasteiger partial charge in [0.1, 0.15) is 0 Å². The van der Waals surface area contributed by atoms with Crippen LogP contribution in [0.4, 0.5) is 18.9 Å². The maximum atomic E-state index is 12.5. The quantitative estimate of drug-likeness (QED) is 0.901. The third-order valence-electron chi connectivity index (χ3n) is 4.14. The van der Waals surface area contributed by atoms with Crippen molar-refractivity contribution in [1.82, 2.24) is 0 Å². The Morgan fingerprint density at radius 2 is 1.57 bits per heavy atom. The van der Waals surface area contributed by atoms with Crippen LogP contribution in [0.15, 0.2) is 24.3 Å². The molecule has 116 valence electrons. The molecule has 3 rings (SSSR count). The van der Waals surface area contributed by atoms with Gasteiger partial charge in [0.05, 0.1) is 18.8 Å². The Morgan fingerprint density at radius 3 is 2.10 bits per heavy atom. The van der Waals surface area contributed by atoms with Crippen molar-refractivity contribution in [3.8, 4) is 0 Å². The number of anilines is 1. The van der Waals surface area contributed by atoms with Gasteiger partial charge in [-0.05, 0) is 37.1 Å². The first-order valence-electron chi connectivity index (χ1n) is 7.19. The molecule has 2 fully saturated rings. The van der Waals surface area contributed by atoms with E-state index in [1.54, 1.807) is 0 Å². The minimum atomic E-state index is -4.28. The number of hydrogen-bond acceptors (Lipinski definition) is 3. The Hall–Kier alpha value is -1.27. The molecule has 1 saturated carbocycles. The van der Waals surface area contributed by atoms with Crippen LogP contribution >= 0.6 is 0 Å². The van der Waals surface area contributed by atoms with E-state index in [0.717, 1.165) is 43.5 Å². The molecule has 1 spiro atoms. The fourth-order valence-electron chi connectivity index (χ4n) is 2.98. The van der Waals surface area contributed by atoms with E-state index in [1.807, 2.05) is 0 Å². The molecule has 0 amide bonds. The topological polar surface area (TPSA) is 30.5 Å². The van der Waals surface area contributed by atoms with Gasteiger partial charge in [-0.15, -0.1) is 0 Å². The molecule has 21 heavy (non-hydrogen) atoms.